The maximum absolute atomic E-state index is 9.90. The molecule has 8 heteroatoms. The molecule has 0 amide bonds. The first-order valence-corrected chi connectivity index (χ1v) is 14.3. The molecule has 196 valence electrons. The number of hydrogen-bond acceptors (Lipinski definition) is 7. The van der Waals surface area contributed by atoms with E-state index in [0.717, 1.165) is 55.5 Å². The Morgan fingerprint density at radius 1 is 1.05 bits per heavy atom. The predicted octanol–water partition coefficient (Wildman–Crippen LogP) is 5.11. The molecule has 1 aromatic carbocycles. The molecule has 4 bridgehead atoms. The molecule has 0 aliphatic heterocycles. The second-order valence-corrected chi connectivity index (χ2v) is 12.4. The first-order valence-electron chi connectivity index (χ1n) is 13.9. The van der Waals surface area contributed by atoms with Crippen molar-refractivity contribution in [3.63, 3.8) is 0 Å². The largest absolute Gasteiger partial charge is 0.393 e. The Balaban J connectivity index is 1.11. The Hall–Kier alpha value is -2.40. The molecule has 4 N–H and O–H groups in total. The van der Waals surface area contributed by atoms with Gasteiger partial charge < -0.3 is 21.1 Å². The van der Waals surface area contributed by atoms with E-state index >= 15 is 0 Å². The number of hydrogen-bond donors (Lipinski definition) is 4. The molecular formula is C29H37ClN6O. The van der Waals surface area contributed by atoms with Gasteiger partial charge in [0.2, 0.25) is 5.95 Å². The second-order valence-electron chi connectivity index (χ2n) is 12.0. The summed E-state index contributed by atoms with van der Waals surface area (Å²) >= 11 is 6.29. The topological polar surface area (TPSA) is 106 Å². The third kappa shape index (κ3) is 5.30. The zero-order valence-electron chi connectivity index (χ0n) is 21.3. The van der Waals surface area contributed by atoms with Gasteiger partial charge in [0.25, 0.3) is 0 Å². The van der Waals surface area contributed by atoms with E-state index in [2.05, 4.69) is 32.0 Å². The average Bonchev–Trinajstić information content (AvgIpc) is 2.90. The van der Waals surface area contributed by atoms with E-state index in [1.54, 1.807) is 6.20 Å². The fraction of sp³-hybridized carbons (Fsp3) is 0.621. The van der Waals surface area contributed by atoms with Crippen molar-refractivity contribution in [3.8, 4) is 6.07 Å². The van der Waals surface area contributed by atoms with Gasteiger partial charge in [-0.3, -0.25) is 0 Å². The highest BCUT2D eigenvalue weighted by atomic mass is 35.5. The fourth-order valence-electron chi connectivity index (χ4n) is 7.97. The molecular weight excluding hydrogens is 484 g/mol. The van der Waals surface area contributed by atoms with Crippen molar-refractivity contribution in [1.29, 1.82) is 5.26 Å². The van der Waals surface area contributed by atoms with Crippen LogP contribution in [0.15, 0.2) is 30.5 Å². The molecule has 1 aromatic heterocycles. The quantitative estimate of drug-likeness (QED) is 0.383. The Labute approximate surface area is 224 Å². The summed E-state index contributed by atoms with van der Waals surface area (Å²) in [5.74, 6) is 3.39. The molecule has 5 aliphatic carbocycles. The zero-order chi connectivity index (χ0) is 25.4. The van der Waals surface area contributed by atoms with Crippen LogP contribution in [0.3, 0.4) is 0 Å². The lowest BCUT2D eigenvalue weighted by molar-refractivity contribution is -0.0737. The van der Waals surface area contributed by atoms with Gasteiger partial charge in [-0.05, 0) is 92.6 Å². The van der Waals surface area contributed by atoms with Gasteiger partial charge in [-0.15, -0.1) is 0 Å². The van der Waals surface area contributed by atoms with Crippen molar-refractivity contribution in [1.82, 2.24) is 15.3 Å². The summed E-state index contributed by atoms with van der Waals surface area (Å²) in [5, 5.41) is 31.2. The smallest absolute Gasteiger partial charge is 0.224 e. The zero-order valence-corrected chi connectivity index (χ0v) is 22.1. The summed E-state index contributed by atoms with van der Waals surface area (Å²) in [6, 6.07) is 11.2. The van der Waals surface area contributed by atoms with Crippen molar-refractivity contribution >= 4 is 23.4 Å². The molecule has 5 fully saturated rings. The lowest BCUT2D eigenvalue weighted by Crippen LogP contribution is -2.61. The van der Waals surface area contributed by atoms with E-state index in [1.807, 2.05) is 24.3 Å². The Morgan fingerprint density at radius 3 is 2.54 bits per heavy atom. The maximum Gasteiger partial charge on any atom is 0.224 e. The number of aliphatic hydroxyl groups is 1. The van der Waals surface area contributed by atoms with E-state index in [4.69, 9.17) is 11.6 Å². The highest BCUT2D eigenvalue weighted by Gasteiger charge is 2.55. The minimum absolute atomic E-state index is 0.0992. The number of nitriles is 1. The van der Waals surface area contributed by atoms with Gasteiger partial charge in [-0.25, -0.2) is 4.98 Å². The van der Waals surface area contributed by atoms with Crippen molar-refractivity contribution in [3.05, 3.63) is 46.6 Å². The van der Waals surface area contributed by atoms with Crippen LogP contribution in [0.1, 0.15) is 68.9 Å². The summed E-state index contributed by atoms with van der Waals surface area (Å²) in [6.07, 6.45) is 12.0. The number of aliphatic hydroxyl groups excluding tert-OH is 1. The third-order valence-corrected chi connectivity index (χ3v) is 9.83. The highest BCUT2D eigenvalue weighted by molar-refractivity contribution is 6.31. The van der Waals surface area contributed by atoms with Gasteiger partial charge >= 0.3 is 0 Å². The van der Waals surface area contributed by atoms with Crippen LogP contribution in [0.2, 0.25) is 5.02 Å². The summed E-state index contributed by atoms with van der Waals surface area (Å²) in [7, 11) is 0. The highest BCUT2D eigenvalue weighted by Crippen LogP contribution is 2.60. The summed E-state index contributed by atoms with van der Waals surface area (Å²) in [6.45, 7) is 1.38. The van der Waals surface area contributed by atoms with Crippen LogP contribution in [0.25, 0.3) is 0 Å². The summed E-state index contributed by atoms with van der Waals surface area (Å²) < 4.78 is 0. The van der Waals surface area contributed by atoms with Crippen LogP contribution in [-0.2, 0) is 6.54 Å². The number of aromatic nitrogens is 2. The molecule has 1 heterocycles. The Morgan fingerprint density at radius 2 is 1.81 bits per heavy atom. The van der Waals surface area contributed by atoms with E-state index < -0.39 is 0 Å². The van der Waals surface area contributed by atoms with Crippen molar-refractivity contribution in [2.24, 2.45) is 23.2 Å². The van der Waals surface area contributed by atoms with Gasteiger partial charge in [-0.1, -0.05) is 29.8 Å². The molecule has 37 heavy (non-hydrogen) atoms. The molecule has 2 aromatic rings. The fourth-order valence-corrected chi connectivity index (χ4v) is 8.17. The summed E-state index contributed by atoms with van der Waals surface area (Å²) in [4.78, 5) is 9.02. The van der Waals surface area contributed by atoms with Crippen LogP contribution < -0.4 is 16.0 Å². The van der Waals surface area contributed by atoms with Gasteiger partial charge in [0, 0.05) is 30.2 Å². The van der Waals surface area contributed by atoms with Crippen LogP contribution in [0.5, 0.6) is 0 Å². The number of halogens is 1. The van der Waals surface area contributed by atoms with Gasteiger partial charge in [0.05, 0.1) is 12.3 Å². The van der Waals surface area contributed by atoms with Crippen LogP contribution in [0.4, 0.5) is 11.8 Å². The average molecular weight is 521 g/mol. The van der Waals surface area contributed by atoms with Gasteiger partial charge in [-0.2, -0.15) is 10.2 Å². The molecule has 0 saturated heterocycles. The minimum Gasteiger partial charge on any atom is -0.393 e. The summed E-state index contributed by atoms with van der Waals surface area (Å²) in [5.41, 5.74) is 1.74. The molecule has 5 saturated carbocycles. The molecule has 0 spiro atoms. The first-order chi connectivity index (χ1) is 18.0. The minimum atomic E-state index is -0.0992. The number of nitrogens with zero attached hydrogens (tertiary/aromatic N) is 3. The molecule has 1 unspecified atom stereocenters. The van der Waals surface area contributed by atoms with Crippen LogP contribution in [-0.4, -0.2) is 39.8 Å². The Kier molecular flexibility index (Phi) is 7.00. The molecule has 7 rings (SSSR count). The molecule has 5 aliphatic rings. The predicted molar refractivity (Wildman–Crippen MR) is 145 cm³/mol. The number of benzene rings is 1. The lowest BCUT2D eigenvalue weighted by atomic mass is 9.47. The van der Waals surface area contributed by atoms with E-state index in [0.29, 0.717) is 41.0 Å². The van der Waals surface area contributed by atoms with Crippen molar-refractivity contribution < 1.29 is 5.11 Å². The number of anilines is 2. The van der Waals surface area contributed by atoms with Crippen molar-refractivity contribution in [2.75, 3.05) is 17.2 Å². The number of nitrogens with one attached hydrogen (secondary N) is 3. The molecule has 7 nitrogen and oxygen atoms in total. The maximum atomic E-state index is 9.90. The van der Waals surface area contributed by atoms with Gasteiger partial charge in [0.1, 0.15) is 17.5 Å². The van der Waals surface area contributed by atoms with Gasteiger partial charge in [0.15, 0.2) is 0 Å². The van der Waals surface area contributed by atoms with Crippen molar-refractivity contribution in [2.45, 2.75) is 82.5 Å². The molecule has 0 radical (unpaired) electrons. The third-order valence-electron chi connectivity index (χ3n) is 9.46. The molecule has 5 atom stereocenters. The second kappa shape index (κ2) is 10.4. The van der Waals surface area contributed by atoms with E-state index in [-0.39, 0.29) is 11.5 Å². The van der Waals surface area contributed by atoms with E-state index in [1.165, 1.54) is 32.1 Å². The first kappa shape index (κ1) is 24.9. The standard InChI is InChI=1S/C29H37ClN6O/c30-25-4-2-1-3-19(25)15-32-28-33-16-22(14-31)27(36-28)34-17-29-11-18-9-20(12-29)26(21(10-18)13-29)35-23-5-7-24(37)8-6-23/h1-4,16,18,20-21,23-24,26,35,37H,5-13,15,17H2,(H2,32,33,34,36)/t18?,20-,21+,23?,24?,26-,29+. The van der Waals surface area contributed by atoms with Crippen LogP contribution in [0, 0.1) is 34.5 Å². The SMILES string of the molecule is N#Cc1cnc(NCc2ccccc2Cl)nc1NC[C@@]12CC3C[C@H](C1)[C@@H](NC1CCC(O)CC1)[C@@H](C3)C2. The lowest BCUT2D eigenvalue weighted by Gasteiger charge is -2.61. The Bertz CT molecular complexity index is 1140. The van der Waals surface area contributed by atoms with E-state index in [9.17, 15) is 10.4 Å². The van der Waals surface area contributed by atoms with Crippen LogP contribution >= 0.6 is 11.6 Å². The number of rotatable bonds is 8. The normalized spacial score (nSPS) is 34.2. The monoisotopic (exact) mass is 520 g/mol.